The van der Waals surface area contributed by atoms with Gasteiger partial charge in [0.1, 0.15) is 5.84 Å². The summed E-state index contributed by atoms with van der Waals surface area (Å²) in [6.45, 7) is 12.2. The molecule has 2 rings (SSSR count). The quantitative estimate of drug-likeness (QED) is 0.623. The molecule has 0 spiro atoms. The number of aryl methyl sites for hydroxylation is 1. The summed E-state index contributed by atoms with van der Waals surface area (Å²) in [6, 6.07) is 6.81. The van der Waals surface area contributed by atoms with Crippen LogP contribution in [-0.4, -0.2) is 47.9 Å². The van der Waals surface area contributed by atoms with Crippen LogP contribution in [0.5, 0.6) is 0 Å². The number of benzene rings is 1. The van der Waals surface area contributed by atoms with Gasteiger partial charge in [-0.05, 0) is 43.6 Å². The molecule has 1 atom stereocenters. The van der Waals surface area contributed by atoms with Crippen LogP contribution in [-0.2, 0) is 6.54 Å². The van der Waals surface area contributed by atoms with Gasteiger partial charge in [0.2, 0.25) is 0 Å². The number of hydrogen-bond acceptors (Lipinski definition) is 3. The first-order chi connectivity index (χ1) is 10.0. The lowest BCUT2D eigenvalue weighted by Crippen LogP contribution is -2.37. The molecule has 1 unspecified atom stereocenters. The van der Waals surface area contributed by atoms with E-state index in [1.807, 2.05) is 12.1 Å². The molecule has 0 aliphatic carbocycles. The van der Waals surface area contributed by atoms with Gasteiger partial charge in [-0.1, -0.05) is 26.0 Å². The van der Waals surface area contributed by atoms with Crippen LogP contribution >= 0.6 is 0 Å². The number of likely N-dealkylation sites (tertiary alicyclic amines) is 1. The minimum atomic E-state index is 0.146. The van der Waals surface area contributed by atoms with Gasteiger partial charge in [-0.15, -0.1) is 0 Å². The Morgan fingerprint density at radius 1 is 1.38 bits per heavy atom. The Bertz CT molecular complexity index is 494. The molecular formula is C17H28N4. The van der Waals surface area contributed by atoms with E-state index in [2.05, 4.69) is 36.6 Å². The molecule has 0 radical (unpaired) electrons. The Morgan fingerprint density at radius 3 is 2.67 bits per heavy atom. The molecule has 4 heteroatoms. The number of amidine groups is 1. The largest absolute Gasteiger partial charge is 0.384 e. The number of nitrogens with one attached hydrogen (secondary N) is 1. The van der Waals surface area contributed by atoms with Crippen molar-refractivity contribution in [1.82, 2.24) is 9.80 Å². The lowest BCUT2D eigenvalue weighted by molar-refractivity contribution is 0.209. The van der Waals surface area contributed by atoms with Crippen molar-refractivity contribution in [2.45, 2.75) is 39.8 Å². The van der Waals surface area contributed by atoms with Crippen LogP contribution in [0.15, 0.2) is 18.2 Å². The number of hydrogen-bond donors (Lipinski definition) is 2. The third-order valence-electron chi connectivity index (χ3n) is 4.62. The van der Waals surface area contributed by atoms with E-state index < -0.39 is 0 Å². The molecule has 4 nitrogen and oxygen atoms in total. The summed E-state index contributed by atoms with van der Waals surface area (Å²) in [6.07, 6.45) is 1.27. The topological polar surface area (TPSA) is 56.4 Å². The molecule has 1 fully saturated rings. The van der Waals surface area contributed by atoms with Gasteiger partial charge >= 0.3 is 0 Å². The maximum atomic E-state index is 7.50. The van der Waals surface area contributed by atoms with Gasteiger partial charge < -0.3 is 5.73 Å². The van der Waals surface area contributed by atoms with Gasteiger partial charge in [0.15, 0.2) is 0 Å². The van der Waals surface area contributed by atoms with Crippen molar-refractivity contribution >= 4 is 5.84 Å². The summed E-state index contributed by atoms with van der Waals surface area (Å²) < 4.78 is 0. The number of nitrogens with two attached hydrogens (primary N) is 1. The summed E-state index contributed by atoms with van der Waals surface area (Å²) in [5.74, 6) is 0.146. The van der Waals surface area contributed by atoms with Crippen LogP contribution in [0.25, 0.3) is 0 Å². The fraction of sp³-hybridized carbons (Fsp3) is 0.588. The Morgan fingerprint density at radius 2 is 2.10 bits per heavy atom. The summed E-state index contributed by atoms with van der Waals surface area (Å²) in [4.78, 5) is 5.10. The molecule has 1 aromatic rings. The lowest BCUT2D eigenvalue weighted by Gasteiger charge is -2.26. The first-order valence-electron chi connectivity index (χ1n) is 7.95. The average molecular weight is 288 g/mol. The Balaban J connectivity index is 1.98. The van der Waals surface area contributed by atoms with Gasteiger partial charge in [-0.3, -0.25) is 15.2 Å². The monoisotopic (exact) mass is 288 g/mol. The highest BCUT2D eigenvalue weighted by Gasteiger charge is 2.26. The standard InChI is InChI=1S/C17H28N4/c1-4-21(5-2)16-8-9-20(12-16)11-15-7-6-14(17(18)19)10-13(15)3/h6-7,10,16H,4-5,8-9,11-12H2,1-3H3,(H3,18,19). The molecule has 1 heterocycles. The first kappa shape index (κ1) is 16.0. The highest BCUT2D eigenvalue weighted by Crippen LogP contribution is 2.20. The van der Waals surface area contributed by atoms with Crippen molar-refractivity contribution in [2.24, 2.45) is 5.73 Å². The zero-order chi connectivity index (χ0) is 15.4. The number of likely N-dealkylation sites (N-methyl/N-ethyl adjacent to an activating group) is 1. The van der Waals surface area contributed by atoms with Crippen molar-refractivity contribution in [3.8, 4) is 0 Å². The fourth-order valence-electron chi connectivity index (χ4n) is 3.28. The zero-order valence-electron chi connectivity index (χ0n) is 13.5. The normalized spacial score (nSPS) is 19.3. The van der Waals surface area contributed by atoms with Crippen LogP contribution in [0, 0.1) is 12.3 Å². The minimum absolute atomic E-state index is 0.146. The molecule has 116 valence electrons. The van der Waals surface area contributed by atoms with Crippen LogP contribution in [0.3, 0.4) is 0 Å². The van der Waals surface area contributed by atoms with Gasteiger partial charge in [0, 0.05) is 31.2 Å². The SMILES string of the molecule is CCN(CC)C1CCN(Cc2ccc(C(=N)N)cc2C)C1. The molecule has 0 bridgehead atoms. The molecule has 1 aromatic carbocycles. The van der Waals surface area contributed by atoms with Crippen LogP contribution in [0.1, 0.15) is 37.0 Å². The molecule has 3 N–H and O–H groups in total. The van der Waals surface area contributed by atoms with E-state index in [9.17, 15) is 0 Å². The summed E-state index contributed by atoms with van der Waals surface area (Å²) in [7, 11) is 0. The third kappa shape index (κ3) is 3.83. The second-order valence-corrected chi connectivity index (χ2v) is 5.95. The fourth-order valence-corrected chi connectivity index (χ4v) is 3.28. The smallest absolute Gasteiger partial charge is 0.122 e. The minimum Gasteiger partial charge on any atom is -0.384 e. The van der Waals surface area contributed by atoms with E-state index in [1.54, 1.807) is 0 Å². The number of rotatable bonds is 6. The van der Waals surface area contributed by atoms with Crippen molar-refractivity contribution < 1.29 is 0 Å². The van der Waals surface area contributed by atoms with E-state index >= 15 is 0 Å². The van der Waals surface area contributed by atoms with Crippen molar-refractivity contribution in [2.75, 3.05) is 26.2 Å². The molecule has 0 saturated carbocycles. The summed E-state index contributed by atoms with van der Waals surface area (Å²) >= 11 is 0. The third-order valence-corrected chi connectivity index (χ3v) is 4.62. The number of nitrogen functional groups attached to an aromatic ring is 1. The van der Waals surface area contributed by atoms with E-state index in [-0.39, 0.29) is 5.84 Å². The maximum absolute atomic E-state index is 7.50. The van der Waals surface area contributed by atoms with Gasteiger partial charge in [-0.2, -0.15) is 0 Å². The molecule has 0 aromatic heterocycles. The summed E-state index contributed by atoms with van der Waals surface area (Å²) in [5, 5.41) is 7.50. The number of nitrogens with zero attached hydrogens (tertiary/aromatic N) is 2. The highest BCUT2D eigenvalue weighted by atomic mass is 15.2. The van der Waals surface area contributed by atoms with Crippen LogP contribution in [0.2, 0.25) is 0 Å². The van der Waals surface area contributed by atoms with Gasteiger partial charge in [0.25, 0.3) is 0 Å². The van der Waals surface area contributed by atoms with Crippen molar-refractivity contribution in [1.29, 1.82) is 5.41 Å². The molecular weight excluding hydrogens is 260 g/mol. The van der Waals surface area contributed by atoms with E-state index in [0.717, 1.165) is 31.7 Å². The van der Waals surface area contributed by atoms with Crippen molar-refractivity contribution in [3.05, 3.63) is 34.9 Å². The predicted octanol–water partition coefficient (Wildman–Crippen LogP) is 2.20. The molecule has 1 saturated heterocycles. The Kier molecular flexibility index (Phi) is 5.37. The molecule has 1 aliphatic heterocycles. The Hall–Kier alpha value is -1.39. The maximum Gasteiger partial charge on any atom is 0.122 e. The van der Waals surface area contributed by atoms with Crippen molar-refractivity contribution in [3.63, 3.8) is 0 Å². The zero-order valence-corrected chi connectivity index (χ0v) is 13.5. The second-order valence-electron chi connectivity index (χ2n) is 5.95. The van der Waals surface area contributed by atoms with E-state index in [0.29, 0.717) is 6.04 Å². The second kappa shape index (κ2) is 7.05. The molecule has 1 aliphatic rings. The van der Waals surface area contributed by atoms with Crippen LogP contribution in [0.4, 0.5) is 0 Å². The highest BCUT2D eigenvalue weighted by molar-refractivity contribution is 5.95. The summed E-state index contributed by atoms with van der Waals surface area (Å²) in [5.41, 5.74) is 8.94. The van der Waals surface area contributed by atoms with E-state index in [1.165, 1.54) is 24.1 Å². The molecule has 0 amide bonds. The van der Waals surface area contributed by atoms with Crippen LogP contribution < -0.4 is 5.73 Å². The van der Waals surface area contributed by atoms with Gasteiger partial charge in [0.05, 0.1) is 0 Å². The Labute approximate surface area is 128 Å². The van der Waals surface area contributed by atoms with Gasteiger partial charge in [-0.25, -0.2) is 0 Å². The average Bonchev–Trinajstić information content (AvgIpc) is 2.91. The lowest BCUT2D eigenvalue weighted by atomic mass is 10.0. The molecule has 21 heavy (non-hydrogen) atoms. The van der Waals surface area contributed by atoms with E-state index in [4.69, 9.17) is 11.1 Å². The predicted molar refractivity (Wildman–Crippen MR) is 88.8 cm³/mol. The first-order valence-corrected chi connectivity index (χ1v) is 7.95.